The number of hydrogen-bond acceptors (Lipinski definition) is 3. The molecule has 0 aliphatic carbocycles. The van der Waals surface area contributed by atoms with Gasteiger partial charge in [0.1, 0.15) is 0 Å². The van der Waals surface area contributed by atoms with Crippen molar-refractivity contribution < 1.29 is 0 Å². The molecule has 0 bridgehead atoms. The summed E-state index contributed by atoms with van der Waals surface area (Å²) in [4.78, 5) is 4.49. The Morgan fingerprint density at radius 2 is 2.05 bits per heavy atom. The lowest BCUT2D eigenvalue weighted by Crippen LogP contribution is -2.18. The SMILES string of the molecule is Cc1cc(CNCCc2cccc3cccnc23)n(C)n1. The highest BCUT2D eigenvalue weighted by Crippen LogP contribution is 2.16. The van der Waals surface area contributed by atoms with Crippen LogP contribution in [0, 0.1) is 6.92 Å². The highest BCUT2D eigenvalue weighted by atomic mass is 15.3. The zero-order valence-electron chi connectivity index (χ0n) is 12.5. The van der Waals surface area contributed by atoms with E-state index in [1.165, 1.54) is 16.6 Å². The van der Waals surface area contributed by atoms with Crippen LogP contribution < -0.4 is 5.32 Å². The normalized spacial score (nSPS) is 11.1. The van der Waals surface area contributed by atoms with Crippen LogP contribution in [0.4, 0.5) is 0 Å². The standard InChI is InChI=1S/C17H20N4/c1-13-11-16(21(2)20-13)12-18-10-8-15-6-3-5-14-7-4-9-19-17(14)15/h3-7,9,11,18H,8,10,12H2,1-2H3. The third kappa shape index (κ3) is 3.11. The first-order valence-electron chi connectivity index (χ1n) is 7.27. The lowest BCUT2D eigenvalue weighted by molar-refractivity contribution is 0.625. The van der Waals surface area contributed by atoms with E-state index in [-0.39, 0.29) is 0 Å². The molecule has 1 aromatic carbocycles. The molecule has 0 amide bonds. The monoisotopic (exact) mass is 280 g/mol. The molecule has 0 spiro atoms. The van der Waals surface area contributed by atoms with E-state index in [1.54, 1.807) is 0 Å². The van der Waals surface area contributed by atoms with Crippen LogP contribution in [0.15, 0.2) is 42.6 Å². The van der Waals surface area contributed by atoms with E-state index in [0.29, 0.717) is 0 Å². The van der Waals surface area contributed by atoms with Crippen LogP contribution in [0.2, 0.25) is 0 Å². The first kappa shape index (κ1) is 13.8. The number of fused-ring (bicyclic) bond motifs is 1. The van der Waals surface area contributed by atoms with Crippen LogP contribution in [0.25, 0.3) is 10.9 Å². The van der Waals surface area contributed by atoms with E-state index in [4.69, 9.17) is 0 Å². The summed E-state index contributed by atoms with van der Waals surface area (Å²) in [6.07, 6.45) is 2.84. The fourth-order valence-corrected chi connectivity index (χ4v) is 2.64. The van der Waals surface area contributed by atoms with Crippen LogP contribution in [-0.2, 0) is 20.0 Å². The van der Waals surface area contributed by atoms with Crippen LogP contribution in [0.3, 0.4) is 0 Å². The molecular formula is C17H20N4. The van der Waals surface area contributed by atoms with Gasteiger partial charge in [0.15, 0.2) is 0 Å². The number of para-hydroxylation sites is 1. The fraction of sp³-hybridized carbons (Fsp3) is 0.294. The van der Waals surface area contributed by atoms with Gasteiger partial charge in [-0.15, -0.1) is 0 Å². The van der Waals surface area contributed by atoms with Gasteiger partial charge in [-0.05, 0) is 37.6 Å². The molecule has 1 N–H and O–H groups in total. The lowest BCUT2D eigenvalue weighted by Gasteiger charge is -2.07. The third-order valence-electron chi connectivity index (χ3n) is 3.69. The summed E-state index contributed by atoms with van der Waals surface area (Å²) in [6, 6.07) is 12.6. The van der Waals surface area contributed by atoms with E-state index in [2.05, 4.69) is 45.7 Å². The predicted molar refractivity (Wildman–Crippen MR) is 85.1 cm³/mol. The number of nitrogens with zero attached hydrogens (tertiary/aromatic N) is 3. The highest BCUT2D eigenvalue weighted by molar-refractivity contribution is 5.81. The summed E-state index contributed by atoms with van der Waals surface area (Å²) in [6.45, 7) is 3.79. The molecule has 3 aromatic rings. The van der Waals surface area contributed by atoms with Gasteiger partial charge in [-0.1, -0.05) is 24.3 Å². The largest absolute Gasteiger partial charge is 0.311 e. The maximum atomic E-state index is 4.49. The Bertz CT molecular complexity index is 740. The summed E-state index contributed by atoms with van der Waals surface area (Å²) in [5.74, 6) is 0. The van der Waals surface area contributed by atoms with Gasteiger partial charge in [0.2, 0.25) is 0 Å². The van der Waals surface area contributed by atoms with Crippen LogP contribution >= 0.6 is 0 Å². The van der Waals surface area contributed by atoms with Gasteiger partial charge in [0.05, 0.1) is 16.9 Å². The van der Waals surface area contributed by atoms with Gasteiger partial charge >= 0.3 is 0 Å². The lowest BCUT2D eigenvalue weighted by atomic mass is 10.1. The van der Waals surface area contributed by atoms with Gasteiger partial charge in [0.25, 0.3) is 0 Å². The summed E-state index contributed by atoms with van der Waals surface area (Å²) < 4.78 is 1.93. The van der Waals surface area contributed by atoms with Crippen molar-refractivity contribution in [2.75, 3.05) is 6.54 Å². The van der Waals surface area contributed by atoms with Crippen molar-refractivity contribution in [1.82, 2.24) is 20.1 Å². The molecule has 108 valence electrons. The van der Waals surface area contributed by atoms with E-state index in [1.807, 2.05) is 30.9 Å². The first-order chi connectivity index (χ1) is 10.2. The molecule has 0 aliphatic rings. The highest BCUT2D eigenvalue weighted by Gasteiger charge is 2.03. The molecular weight excluding hydrogens is 260 g/mol. The number of nitrogens with one attached hydrogen (secondary N) is 1. The molecule has 0 saturated heterocycles. The van der Waals surface area contributed by atoms with Crippen LogP contribution in [0.1, 0.15) is 17.0 Å². The minimum absolute atomic E-state index is 0.843. The molecule has 21 heavy (non-hydrogen) atoms. The predicted octanol–water partition coefficient (Wildman–Crippen LogP) is 2.61. The number of hydrogen-bond donors (Lipinski definition) is 1. The zero-order chi connectivity index (χ0) is 14.7. The Balaban J connectivity index is 1.61. The van der Waals surface area contributed by atoms with E-state index in [9.17, 15) is 0 Å². The van der Waals surface area contributed by atoms with Crippen LogP contribution in [-0.4, -0.2) is 21.3 Å². The van der Waals surface area contributed by atoms with Crippen molar-refractivity contribution in [1.29, 1.82) is 0 Å². The summed E-state index contributed by atoms with van der Waals surface area (Å²) >= 11 is 0. The molecule has 4 heteroatoms. The van der Waals surface area contributed by atoms with Gasteiger partial charge in [0, 0.05) is 25.2 Å². The molecule has 2 aromatic heterocycles. The molecule has 0 atom stereocenters. The minimum Gasteiger partial charge on any atom is -0.311 e. The molecule has 3 rings (SSSR count). The Hall–Kier alpha value is -2.20. The van der Waals surface area contributed by atoms with E-state index < -0.39 is 0 Å². The van der Waals surface area contributed by atoms with Crippen molar-refractivity contribution in [3.63, 3.8) is 0 Å². The smallest absolute Gasteiger partial charge is 0.0734 e. The Morgan fingerprint density at radius 1 is 1.19 bits per heavy atom. The van der Waals surface area contributed by atoms with Crippen molar-refractivity contribution in [3.05, 3.63) is 59.5 Å². The van der Waals surface area contributed by atoms with Crippen LogP contribution in [0.5, 0.6) is 0 Å². The van der Waals surface area contributed by atoms with Crippen molar-refractivity contribution in [2.24, 2.45) is 7.05 Å². The Labute approximate surface area is 124 Å². The van der Waals surface area contributed by atoms with Crippen molar-refractivity contribution in [2.45, 2.75) is 19.9 Å². The number of aromatic nitrogens is 3. The van der Waals surface area contributed by atoms with E-state index >= 15 is 0 Å². The molecule has 0 radical (unpaired) electrons. The summed E-state index contributed by atoms with van der Waals surface area (Å²) in [7, 11) is 1.98. The maximum absolute atomic E-state index is 4.49. The second-order valence-corrected chi connectivity index (χ2v) is 5.32. The number of aryl methyl sites for hydroxylation is 2. The zero-order valence-corrected chi connectivity index (χ0v) is 12.5. The summed E-state index contributed by atoms with van der Waals surface area (Å²) in [5.41, 5.74) is 4.68. The second-order valence-electron chi connectivity index (χ2n) is 5.32. The van der Waals surface area contributed by atoms with Gasteiger partial charge in [-0.2, -0.15) is 5.10 Å². The molecule has 0 aliphatic heterocycles. The molecule has 0 unspecified atom stereocenters. The molecule has 2 heterocycles. The van der Waals surface area contributed by atoms with Gasteiger partial charge in [-0.3, -0.25) is 9.67 Å². The quantitative estimate of drug-likeness (QED) is 0.731. The Kier molecular flexibility index (Phi) is 3.97. The van der Waals surface area contributed by atoms with Crippen molar-refractivity contribution >= 4 is 10.9 Å². The van der Waals surface area contributed by atoms with Gasteiger partial charge in [-0.25, -0.2) is 0 Å². The second kappa shape index (κ2) is 6.06. The first-order valence-corrected chi connectivity index (χ1v) is 7.27. The average molecular weight is 280 g/mol. The van der Waals surface area contributed by atoms with Crippen molar-refractivity contribution in [3.8, 4) is 0 Å². The number of rotatable bonds is 5. The average Bonchev–Trinajstić information content (AvgIpc) is 2.82. The Morgan fingerprint density at radius 3 is 2.86 bits per heavy atom. The third-order valence-corrected chi connectivity index (χ3v) is 3.69. The van der Waals surface area contributed by atoms with E-state index in [0.717, 1.165) is 30.7 Å². The minimum atomic E-state index is 0.843. The molecule has 4 nitrogen and oxygen atoms in total. The fourth-order valence-electron chi connectivity index (χ4n) is 2.64. The topological polar surface area (TPSA) is 42.7 Å². The summed E-state index contributed by atoms with van der Waals surface area (Å²) in [5, 5.41) is 9.04. The number of benzene rings is 1. The molecule has 0 fully saturated rings. The molecule has 0 saturated carbocycles. The number of pyridine rings is 1. The maximum Gasteiger partial charge on any atom is 0.0734 e. The van der Waals surface area contributed by atoms with Gasteiger partial charge < -0.3 is 5.32 Å².